The van der Waals surface area contributed by atoms with E-state index in [2.05, 4.69) is 6.92 Å². The Morgan fingerprint density at radius 2 is 1.75 bits per heavy atom. The number of hydrogen-bond acceptors (Lipinski definition) is 3. The third-order valence-electron chi connectivity index (χ3n) is 1.80. The van der Waals surface area contributed by atoms with Crippen LogP contribution in [0, 0.1) is 0 Å². The standard InChI is InChI=1S/C13H21NO2/c1-5-6-15-11-7-10(14)8-12(9-11)16-13(2,3)4/h7-9H,5-6,14H2,1-4H3. The van der Waals surface area contributed by atoms with Crippen molar-refractivity contribution in [3.8, 4) is 11.5 Å². The van der Waals surface area contributed by atoms with E-state index in [9.17, 15) is 0 Å². The van der Waals surface area contributed by atoms with Gasteiger partial charge in [0.05, 0.1) is 6.61 Å². The van der Waals surface area contributed by atoms with Gasteiger partial charge in [0.2, 0.25) is 0 Å². The largest absolute Gasteiger partial charge is 0.493 e. The van der Waals surface area contributed by atoms with E-state index in [1.54, 1.807) is 0 Å². The van der Waals surface area contributed by atoms with Crippen molar-refractivity contribution in [2.24, 2.45) is 0 Å². The second-order valence-corrected chi connectivity index (χ2v) is 4.80. The van der Waals surface area contributed by atoms with Crippen molar-refractivity contribution >= 4 is 5.69 Å². The number of benzene rings is 1. The van der Waals surface area contributed by atoms with Crippen molar-refractivity contribution in [1.29, 1.82) is 0 Å². The predicted molar refractivity (Wildman–Crippen MR) is 67.0 cm³/mol. The summed E-state index contributed by atoms with van der Waals surface area (Å²) in [5.41, 5.74) is 6.22. The van der Waals surface area contributed by atoms with Gasteiger partial charge in [-0.1, -0.05) is 6.92 Å². The number of nitrogen functional groups attached to an aromatic ring is 1. The van der Waals surface area contributed by atoms with Crippen LogP contribution < -0.4 is 15.2 Å². The zero-order chi connectivity index (χ0) is 12.2. The molecule has 1 aromatic carbocycles. The molecule has 0 aliphatic carbocycles. The third-order valence-corrected chi connectivity index (χ3v) is 1.80. The summed E-state index contributed by atoms with van der Waals surface area (Å²) in [5, 5.41) is 0. The van der Waals surface area contributed by atoms with Gasteiger partial charge in [-0.25, -0.2) is 0 Å². The molecule has 0 radical (unpaired) electrons. The molecule has 0 heterocycles. The maximum Gasteiger partial charge on any atom is 0.125 e. The summed E-state index contributed by atoms with van der Waals surface area (Å²) in [5.74, 6) is 1.51. The molecule has 0 amide bonds. The van der Waals surface area contributed by atoms with Crippen LogP contribution in [-0.2, 0) is 0 Å². The molecule has 1 aromatic rings. The second kappa shape index (κ2) is 5.10. The van der Waals surface area contributed by atoms with Gasteiger partial charge in [-0.05, 0) is 27.2 Å². The minimum atomic E-state index is -0.226. The third kappa shape index (κ3) is 4.43. The van der Waals surface area contributed by atoms with Crippen molar-refractivity contribution in [2.75, 3.05) is 12.3 Å². The SMILES string of the molecule is CCCOc1cc(N)cc(OC(C)(C)C)c1. The summed E-state index contributed by atoms with van der Waals surface area (Å²) in [6.45, 7) is 8.77. The molecule has 0 spiro atoms. The van der Waals surface area contributed by atoms with Gasteiger partial charge in [0.15, 0.2) is 0 Å². The molecule has 0 aromatic heterocycles. The van der Waals surface area contributed by atoms with Gasteiger partial charge in [-0.15, -0.1) is 0 Å². The van der Waals surface area contributed by atoms with Gasteiger partial charge >= 0.3 is 0 Å². The lowest BCUT2D eigenvalue weighted by Crippen LogP contribution is -2.23. The number of nitrogens with two attached hydrogens (primary N) is 1. The molecule has 0 bridgehead atoms. The van der Waals surface area contributed by atoms with Gasteiger partial charge in [0.1, 0.15) is 17.1 Å². The normalized spacial score (nSPS) is 11.2. The first kappa shape index (κ1) is 12.7. The van der Waals surface area contributed by atoms with E-state index < -0.39 is 0 Å². The molecule has 3 nitrogen and oxygen atoms in total. The van der Waals surface area contributed by atoms with Crippen LogP contribution >= 0.6 is 0 Å². The summed E-state index contributed by atoms with van der Waals surface area (Å²) in [6.07, 6.45) is 0.976. The van der Waals surface area contributed by atoms with E-state index in [1.807, 2.05) is 39.0 Å². The van der Waals surface area contributed by atoms with E-state index in [-0.39, 0.29) is 5.60 Å². The Morgan fingerprint density at radius 1 is 1.12 bits per heavy atom. The number of hydrogen-bond donors (Lipinski definition) is 1. The molecular weight excluding hydrogens is 202 g/mol. The van der Waals surface area contributed by atoms with Crippen LogP contribution in [0.15, 0.2) is 18.2 Å². The fourth-order valence-corrected chi connectivity index (χ4v) is 1.31. The quantitative estimate of drug-likeness (QED) is 0.797. The topological polar surface area (TPSA) is 44.5 Å². The predicted octanol–water partition coefficient (Wildman–Crippen LogP) is 3.23. The maximum atomic E-state index is 5.79. The summed E-state index contributed by atoms with van der Waals surface area (Å²) in [7, 11) is 0. The highest BCUT2D eigenvalue weighted by atomic mass is 16.5. The van der Waals surface area contributed by atoms with Gasteiger partial charge in [0.25, 0.3) is 0 Å². The molecule has 0 aliphatic rings. The minimum Gasteiger partial charge on any atom is -0.493 e. The molecule has 16 heavy (non-hydrogen) atoms. The average molecular weight is 223 g/mol. The van der Waals surface area contributed by atoms with Gasteiger partial charge in [-0.2, -0.15) is 0 Å². The summed E-state index contributed by atoms with van der Waals surface area (Å²) >= 11 is 0. The first-order chi connectivity index (χ1) is 7.40. The monoisotopic (exact) mass is 223 g/mol. The van der Waals surface area contributed by atoms with Crippen LogP contribution in [0.1, 0.15) is 34.1 Å². The molecule has 0 fully saturated rings. The molecule has 0 saturated heterocycles. The Balaban J connectivity index is 2.81. The summed E-state index contributed by atoms with van der Waals surface area (Å²) in [4.78, 5) is 0. The Morgan fingerprint density at radius 3 is 2.31 bits per heavy atom. The fourth-order valence-electron chi connectivity index (χ4n) is 1.31. The Labute approximate surface area is 97.6 Å². The molecule has 90 valence electrons. The Bertz CT molecular complexity index is 342. The number of rotatable bonds is 4. The van der Waals surface area contributed by atoms with Crippen molar-refractivity contribution in [1.82, 2.24) is 0 Å². The zero-order valence-corrected chi connectivity index (χ0v) is 10.5. The average Bonchev–Trinajstić information content (AvgIpc) is 2.10. The van der Waals surface area contributed by atoms with Crippen LogP contribution in [0.25, 0.3) is 0 Å². The maximum absolute atomic E-state index is 5.79. The van der Waals surface area contributed by atoms with E-state index in [4.69, 9.17) is 15.2 Å². The van der Waals surface area contributed by atoms with Crippen molar-refractivity contribution < 1.29 is 9.47 Å². The highest BCUT2D eigenvalue weighted by Crippen LogP contribution is 2.27. The smallest absolute Gasteiger partial charge is 0.125 e. The van der Waals surface area contributed by atoms with Gasteiger partial charge < -0.3 is 15.2 Å². The van der Waals surface area contributed by atoms with Gasteiger partial charge in [-0.3, -0.25) is 0 Å². The summed E-state index contributed by atoms with van der Waals surface area (Å²) in [6, 6.07) is 5.49. The number of anilines is 1. The molecule has 0 aliphatic heterocycles. The highest BCUT2D eigenvalue weighted by molar-refractivity contribution is 5.50. The zero-order valence-electron chi connectivity index (χ0n) is 10.5. The molecular formula is C13H21NO2. The first-order valence-electron chi connectivity index (χ1n) is 5.63. The minimum absolute atomic E-state index is 0.226. The van der Waals surface area contributed by atoms with Crippen LogP contribution in [0.4, 0.5) is 5.69 Å². The first-order valence-corrected chi connectivity index (χ1v) is 5.63. The molecule has 0 atom stereocenters. The lowest BCUT2D eigenvalue weighted by atomic mass is 10.2. The summed E-state index contributed by atoms with van der Waals surface area (Å²) < 4.78 is 11.3. The Hall–Kier alpha value is -1.38. The molecule has 3 heteroatoms. The fraction of sp³-hybridized carbons (Fsp3) is 0.538. The molecule has 0 unspecified atom stereocenters. The lowest BCUT2D eigenvalue weighted by Gasteiger charge is -2.22. The van der Waals surface area contributed by atoms with Crippen molar-refractivity contribution in [2.45, 2.75) is 39.7 Å². The second-order valence-electron chi connectivity index (χ2n) is 4.80. The van der Waals surface area contributed by atoms with E-state index >= 15 is 0 Å². The number of ether oxygens (including phenoxy) is 2. The van der Waals surface area contributed by atoms with E-state index in [0.29, 0.717) is 12.3 Å². The lowest BCUT2D eigenvalue weighted by molar-refractivity contribution is 0.130. The van der Waals surface area contributed by atoms with E-state index in [0.717, 1.165) is 17.9 Å². The van der Waals surface area contributed by atoms with Crippen molar-refractivity contribution in [3.05, 3.63) is 18.2 Å². The van der Waals surface area contributed by atoms with Crippen LogP contribution in [0.5, 0.6) is 11.5 Å². The van der Waals surface area contributed by atoms with Crippen LogP contribution in [0.2, 0.25) is 0 Å². The van der Waals surface area contributed by atoms with Gasteiger partial charge in [0, 0.05) is 23.9 Å². The highest BCUT2D eigenvalue weighted by Gasteiger charge is 2.12. The van der Waals surface area contributed by atoms with Crippen LogP contribution in [0.3, 0.4) is 0 Å². The molecule has 1 rings (SSSR count). The van der Waals surface area contributed by atoms with E-state index in [1.165, 1.54) is 0 Å². The molecule has 0 saturated carbocycles. The molecule has 2 N–H and O–H groups in total. The Kier molecular flexibility index (Phi) is 4.05. The van der Waals surface area contributed by atoms with Crippen molar-refractivity contribution in [3.63, 3.8) is 0 Å². The van der Waals surface area contributed by atoms with Crippen LogP contribution in [-0.4, -0.2) is 12.2 Å².